The van der Waals surface area contributed by atoms with E-state index in [1.807, 2.05) is 0 Å². The van der Waals surface area contributed by atoms with Crippen LogP contribution in [0.25, 0.3) is 0 Å². The molecule has 0 saturated carbocycles. The summed E-state index contributed by atoms with van der Waals surface area (Å²) < 4.78 is 49.0. The van der Waals surface area contributed by atoms with E-state index in [1.165, 1.54) is 50.2 Å². The van der Waals surface area contributed by atoms with Gasteiger partial charge in [0.1, 0.15) is 36.4 Å². The first kappa shape index (κ1) is 46.6. The predicted molar refractivity (Wildman–Crippen MR) is 215 cm³/mol. The lowest BCUT2D eigenvalue weighted by Gasteiger charge is -2.26. The van der Waals surface area contributed by atoms with E-state index in [1.54, 1.807) is 60.7 Å². The summed E-state index contributed by atoms with van der Waals surface area (Å²) in [6, 6.07) is 19.7. The molecule has 0 radical (unpaired) electrons. The van der Waals surface area contributed by atoms with Gasteiger partial charge in [-0.1, -0.05) is 43.0 Å². The number of aldehydes is 2. The first-order valence-corrected chi connectivity index (χ1v) is 19.3. The van der Waals surface area contributed by atoms with Gasteiger partial charge in [0.15, 0.2) is 42.8 Å². The van der Waals surface area contributed by atoms with Crippen LogP contribution >= 0.6 is 24.6 Å². The Labute approximate surface area is 355 Å². The Bertz CT molecular complexity index is 2250. The van der Waals surface area contributed by atoms with Crippen LogP contribution in [0.15, 0.2) is 107 Å². The molecular formula is C38H39FN6O14S2. The van der Waals surface area contributed by atoms with E-state index in [9.17, 15) is 28.8 Å². The Morgan fingerprint density at radius 3 is 1.77 bits per heavy atom. The number of hydrogen-bond acceptors (Lipinski definition) is 18. The second kappa shape index (κ2) is 22.4. The standard InChI is InChI=1S/C19H20FN3O7S.C19H19N3O7S/c1-19(20)15(29-31-30-27-2)13(9-11-24)28-17(19)23-10-8-14(22-18(23)26)21-16(25)12-6-4-3-5-7-12;1-12-16(28-30-29-26-2)14(9-11-23)27-18(12)22-10-8-15(21-19(22)25)20-17(24)13-6-4-3-5-7-13/h3-8,10-11,13,15,17H,9H2,1-2H3,(H,21,22,25,26);3-8,10-11,14,16,18H,1,9H2,2H3,(H,20,21,24,25)/t13-,15?,17-,19-;14-,16?,18-/m11/s1. The fourth-order valence-corrected chi connectivity index (χ4v) is 6.94. The second-order valence-corrected chi connectivity index (χ2v) is 13.8. The smallest absolute Gasteiger partial charge is 0.348 e. The molecule has 2 aliphatic heterocycles. The first-order chi connectivity index (χ1) is 29.4. The minimum atomic E-state index is -2.22. The van der Waals surface area contributed by atoms with Gasteiger partial charge >= 0.3 is 11.4 Å². The highest BCUT2D eigenvalue weighted by molar-refractivity contribution is 7.89. The minimum absolute atomic E-state index is 0.00467. The van der Waals surface area contributed by atoms with Crippen molar-refractivity contribution in [2.45, 2.75) is 62.3 Å². The summed E-state index contributed by atoms with van der Waals surface area (Å²) >= 11 is 0.945. The summed E-state index contributed by atoms with van der Waals surface area (Å²) in [4.78, 5) is 88.0. The molecule has 2 amide bonds. The highest BCUT2D eigenvalue weighted by Gasteiger charge is 2.57. The van der Waals surface area contributed by atoms with E-state index in [4.69, 9.17) is 17.8 Å². The predicted octanol–water partition coefficient (Wildman–Crippen LogP) is 4.30. The molecule has 2 N–H and O–H groups in total. The molecule has 0 spiro atoms. The van der Waals surface area contributed by atoms with Crippen molar-refractivity contribution in [1.82, 2.24) is 19.1 Å². The third kappa shape index (κ3) is 11.9. The highest BCUT2D eigenvalue weighted by atomic mass is 32.2. The van der Waals surface area contributed by atoms with Crippen LogP contribution in [0.1, 0.15) is 52.9 Å². The number of benzene rings is 2. The number of nitrogens with one attached hydrogen (secondary N) is 2. The van der Waals surface area contributed by atoms with Gasteiger partial charge in [0.2, 0.25) is 0 Å². The summed E-state index contributed by atoms with van der Waals surface area (Å²) in [6.45, 7) is 5.10. The number of carbonyl (C=O) groups excluding carboxylic acids is 4. The maximum Gasteiger partial charge on any atom is 0.351 e. The van der Waals surface area contributed by atoms with Gasteiger partial charge in [0.25, 0.3) is 11.8 Å². The molecule has 0 bridgehead atoms. The molecule has 7 atom stereocenters. The van der Waals surface area contributed by atoms with Crippen LogP contribution in [0.4, 0.5) is 16.0 Å². The molecule has 4 aromatic rings. The van der Waals surface area contributed by atoms with Gasteiger partial charge < -0.3 is 29.7 Å². The van der Waals surface area contributed by atoms with Crippen molar-refractivity contribution in [3.63, 3.8) is 0 Å². The Kier molecular flexibility index (Phi) is 17.1. The molecule has 23 heteroatoms. The molecule has 2 saturated heterocycles. The highest BCUT2D eigenvalue weighted by Crippen LogP contribution is 2.44. The van der Waals surface area contributed by atoms with Crippen LogP contribution in [-0.4, -0.2) is 87.8 Å². The number of ether oxygens (including phenoxy) is 2. The summed E-state index contributed by atoms with van der Waals surface area (Å²) in [5, 5.41) is 5.08. The molecule has 6 rings (SSSR count). The van der Waals surface area contributed by atoms with Crippen LogP contribution in [0.2, 0.25) is 0 Å². The summed E-state index contributed by atoms with van der Waals surface area (Å²) in [6.07, 6.45) is -2.16. The van der Waals surface area contributed by atoms with E-state index in [-0.39, 0.29) is 24.5 Å². The van der Waals surface area contributed by atoms with E-state index >= 15 is 4.39 Å². The summed E-state index contributed by atoms with van der Waals surface area (Å²) in [7, 11) is 2.55. The Morgan fingerprint density at radius 1 is 0.787 bits per heavy atom. The van der Waals surface area contributed by atoms with Crippen LogP contribution in [-0.2, 0) is 45.9 Å². The van der Waals surface area contributed by atoms with Gasteiger partial charge in [-0.15, -0.1) is 8.67 Å². The van der Waals surface area contributed by atoms with Gasteiger partial charge in [-0.3, -0.25) is 27.1 Å². The van der Waals surface area contributed by atoms with Crippen molar-refractivity contribution >= 4 is 60.7 Å². The number of carbonyl (C=O) groups is 4. The Balaban J connectivity index is 0.000000231. The van der Waals surface area contributed by atoms with Crippen molar-refractivity contribution in [2.24, 2.45) is 0 Å². The van der Waals surface area contributed by atoms with Crippen LogP contribution in [0.3, 0.4) is 0 Å². The lowest BCUT2D eigenvalue weighted by Crippen LogP contribution is -2.43. The Hall–Kier alpha value is -5.47. The van der Waals surface area contributed by atoms with E-state index < -0.39 is 65.7 Å². The lowest BCUT2D eigenvalue weighted by molar-refractivity contribution is -0.170. The fraction of sp³-hybridized carbons (Fsp3) is 0.316. The molecule has 2 fully saturated rings. The van der Waals surface area contributed by atoms with Gasteiger partial charge in [-0.05, 0) is 43.3 Å². The van der Waals surface area contributed by atoms with Crippen LogP contribution < -0.4 is 22.0 Å². The fourth-order valence-electron chi connectivity index (χ4n) is 6.04. The minimum Gasteiger partial charge on any atom is -0.348 e. The second-order valence-electron chi connectivity index (χ2n) is 12.9. The van der Waals surface area contributed by atoms with E-state index in [2.05, 4.69) is 45.6 Å². The summed E-state index contributed by atoms with van der Waals surface area (Å²) in [5.41, 5.74) is -2.53. The van der Waals surface area contributed by atoms with Crippen molar-refractivity contribution in [3.8, 4) is 0 Å². The van der Waals surface area contributed by atoms with Crippen molar-refractivity contribution in [2.75, 3.05) is 24.9 Å². The quantitative estimate of drug-likeness (QED) is 0.0354. The molecule has 2 aliphatic rings. The summed E-state index contributed by atoms with van der Waals surface area (Å²) in [5.74, 6) is -0.756. The number of halogens is 1. The van der Waals surface area contributed by atoms with Gasteiger partial charge in [-0.2, -0.15) is 9.97 Å². The van der Waals surface area contributed by atoms with Gasteiger partial charge in [0, 0.05) is 41.9 Å². The molecule has 324 valence electrons. The normalized spacial score (nSPS) is 23.1. The molecule has 4 heterocycles. The average molecular weight is 887 g/mol. The molecule has 2 unspecified atom stereocenters. The maximum atomic E-state index is 15.6. The van der Waals surface area contributed by atoms with E-state index in [0.717, 1.165) is 4.57 Å². The number of nitrogens with zero attached hydrogens (tertiary/aromatic N) is 4. The number of aromatic nitrogens is 4. The SMILES string of the molecule is C=C1C(OSOOC)[C@@H](CC=O)O[C@H]1n1ccc(NC(=O)c2ccccc2)nc1=O.COOSOC1[C@@H](CC=O)O[C@@H](n2ccc(NC(=O)c3ccccc3)nc2=O)[C@]1(C)F. The van der Waals surface area contributed by atoms with Crippen molar-refractivity contribution in [1.29, 1.82) is 0 Å². The number of rotatable bonds is 18. The van der Waals surface area contributed by atoms with Crippen molar-refractivity contribution < 1.29 is 59.9 Å². The molecule has 2 aromatic heterocycles. The molecular weight excluding hydrogens is 848 g/mol. The molecule has 0 aliphatic carbocycles. The van der Waals surface area contributed by atoms with Gasteiger partial charge in [0.05, 0.1) is 26.4 Å². The Morgan fingerprint density at radius 2 is 1.28 bits per heavy atom. The van der Waals surface area contributed by atoms with Crippen LogP contribution in [0.5, 0.6) is 0 Å². The van der Waals surface area contributed by atoms with Crippen LogP contribution in [0, 0.1) is 0 Å². The number of amides is 2. The third-order valence-electron chi connectivity index (χ3n) is 8.86. The zero-order valence-electron chi connectivity index (χ0n) is 32.5. The van der Waals surface area contributed by atoms with Crippen molar-refractivity contribution in [3.05, 3.63) is 129 Å². The molecule has 2 aromatic carbocycles. The first-order valence-electron chi connectivity index (χ1n) is 18.0. The molecule has 61 heavy (non-hydrogen) atoms. The monoisotopic (exact) mass is 886 g/mol. The largest absolute Gasteiger partial charge is 0.351 e. The average Bonchev–Trinajstić information content (AvgIpc) is 3.69. The number of alkyl halides is 1. The third-order valence-corrected chi connectivity index (χ3v) is 9.81. The van der Waals surface area contributed by atoms with Gasteiger partial charge in [-0.25, -0.2) is 23.8 Å². The number of anilines is 2. The molecule has 20 nitrogen and oxygen atoms in total. The zero-order valence-corrected chi connectivity index (χ0v) is 34.2. The van der Waals surface area contributed by atoms with E-state index in [0.29, 0.717) is 53.9 Å². The maximum absolute atomic E-state index is 15.6. The lowest BCUT2D eigenvalue weighted by atomic mass is 9.97. The number of hydrogen-bond donors (Lipinski definition) is 2. The zero-order chi connectivity index (χ0) is 43.9. The topological polar surface area (TPSA) is 236 Å².